The first-order valence-corrected chi connectivity index (χ1v) is 44.3. The molecule has 10 aromatic rings. The van der Waals surface area contributed by atoms with E-state index in [0.29, 0.717) is 0 Å². The van der Waals surface area contributed by atoms with Gasteiger partial charge in [0.1, 0.15) is 66.1 Å². The average molecular weight is 1800 g/mol. The predicted octanol–water partition coefficient (Wildman–Crippen LogP) is 13.4. The van der Waals surface area contributed by atoms with Gasteiger partial charge in [0.25, 0.3) is 59.6 Å². The van der Waals surface area contributed by atoms with Crippen molar-refractivity contribution in [3.63, 3.8) is 0 Å². The van der Waals surface area contributed by atoms with Gasteiger partial charge in [0.05, 0.1) is 105 Å². The lowest BCUT2D eigenvalue weighted by Crippen LogP contribution is -2.45. The molecule has 646 valence electrons. The first-order valence-electron chi connectivity index (χ1n) is 35.0. The van der Waals surface area contributed by atoms with Crippen LogP contribution in [0.2, 0.25) is 0 Å². The summed E-state index contributed by atoms with van der Waals surface area (Å²) in [4.78, 5) is -0.966. The van der Waals surface area contributed by atoms with Gasteiger partial charge >= 0.3 is 0 Å². The van der Waals surface area contributed by atoms with E-state index < -0.39 is 159 Å². The van der Waals surface area contributed by atoms with Gasteiger partial charge in [-0.25, -0.2) is 26.0 Å². The molecule has 25 nitrogen and oxygen atoms in total. The number of benzene rings is 10. The number of halogens is 7. The summed E-state index contributed by atoms with van der Waals surface area (Å²) in [5.41, 5.74) is 0.255. The number of hydrogen-bond acceptors (Lipinski definition) is 25. The topological polar surface area (TPSA) is 380 Å². The molecule has 0 atom stereocenters. The molecule has 0 heterocycles. The molecule has 0 aliphatic carbocycles. The van der Waals surface area contributed by atoms with E-state index in [0.717, 1.165) is 57.6 Å². The van der Waals surface area contributed by atoms with Crippen molar-refractivity contribution in [3.05, 3.63) is 299 Å². The van der Waals surface area contributed by atoms with Gasteiger partial charge in [-0.15, -0.1) is 0 Å². The summed E-state index contributed by atoms with van der Waals surface area (Å²) in [5, 5.41) is 42.6. The van der Waals surface area contributed by atoms with Gasteiger partial charge in [0.15, 0.2) is 0 Å². The minimum absolute atomic E-state index is 0.0370. The molecule has 0 aliphatic heterocycles. The fourth-order valence-corrected chi connectivity index (χ4v) is 15.1. The zero-order chi connectivity index (χ0) is 88.5. The SMILES string of the molecule is Cc1ccc(S(=O)(=O)Cl)cc1.Cc1ccc(S(=O)(=O)OCC(COS(=O)(=O)c2ccc(C)cc2)(COS(=O)(=O)c2ccc(C)cc2)COS(=O)(=O)c2ccc(C)cc2)cc1.Cc1ccc(S(=O)(=O)OCC(COc2cccc(F)c2)(COc2cccc(F)c2)COc2cccc(F)c2)cc1.FF.OCC(CO)(CO)CO.Oc1cccc(F)c1. The van der Waals surface area contributed by atoms with Gasteiger partial charge in [-0.1, -0.05) is 130 Å². The van der Waals surface area contributed by atoms with Gasteiger partial charge in [-0.3, -0.25) is 20.9 Å². The third-order valence-corrected chi connectivity index (χ3v) is 24.4. The minimum Gasteiger partial charge on any atom is -0.508 e. The van der Waals surface area contributed by atoms with Crippen molar-refractivity contribution in [2.75, 3.05) is 79.3 Å². The highest BCUT2D eigenvalue weighted by Crippen LogP contribution is 2.33. The van der Waals surface area contributed by atoms with Crippen LogP contribution in [-0.2, 0) is 80.6 Å². The van der Waals surface area contributed by atoms with Crippen LogP contribution in [0.25, 0.3) is 0 Å². The number of ether oxygens (including phenoxy) is 3. The molecule has 0 fully saturated rings. The van der Waals surface area contributed by atoms with Crippen molar-refractivity contribution in [3.8, 4) is 23.0 Å². The van der Waals surface area contributed by atoms with Gasteiger partial charge in [-0.05, 0) is 163 Å². The number of phenols is 1. The molecule has 0 aromatic heterocycles. The highest BCUT2D eigenvalue weighted by molar-refractivity contribution is 8.13. The zero-order valence-corrected chi connectivity index (χ0v) is 70.2. The first-order chi connectivity index (χ1) is 56.0. The molecule has 119 heavy (non-hydrogen) atoms. The number of aliphatic hydroxyl groups excluding tert-OH is 4. The highest BCUT2D eigenvalue weighted by atomic mass is 35.7. The maximum Gasteiger partial charge on any atom is 0.296 e. The molecule has 10 aromatic carbocycles. The Bertz CT molecular complexity index is 5080. The molecule has 0 spiro atoms. The van der Waals surface area contributed by atoms with Crippen LogP contribution in [0.1, 0.15) is 33.4 Å². The third-order valence-electron chi connectivity index (χ3n) is 16.6. The maximum absolute atomic E-state index is 13.8. The first kappa shape index (κ1) is 100. The molecule has 0 unspecified atom stereocenters. The Morgan fingerprint density at radius 3 is 0.639 bits per heavy atom. The number of aryl methyl sites for hydroxylation is 6. The summed E-state index contributed by atoms with van der Waals surface area (Å²) >= 11 is 0. The average Bonchev–Trinajstić information content (AvgIpc) is 0.798. The van der Waals surface area contributed by atoms with Gasteiger partial charge in [-0.2, -0.15) is 42.1 Å². The Kier molecular flexibility index (Phi) is 39.1. The summed E-state index contributed by atoms with van der Waals surface area (Å²) < 4.78 is 267. The monoisotopic (exact) mass is 1800 g/mol. The molecular formula is C81H87ClF6O25S6. The number of hydrogen-bond donors (Lipinski definition) is 5. The second kappa shape index (κ2) is 46.4. The van der Waals surface area contributed by atoms with Crippen LogP contribution >= 0.6 is 10.7 Å². The van der Waals surface area contributed by atoms with Crippen LogP contribution < -0.4 is 14.2 Å². The lowest BCUT2D eigenvalue weighted by Gasteiger charge is -2.32. The van der Waals surface area contributed by atoms with E-state index >= 15 is 0 Å². The Labute approximate surface area is 692 Å². The molecule has 10 rings (SSSR count). The molecule has 0 amide bonds. The Morgan fingerprint density at radius 1 is 0.277 bits per heavy atom. The Hall–Kier alpha value is -9.39. The summed E-state index contributed by atoms with van der Waals surface area (Å²) in [6, 6.07) is 56.3. The van der Waals surface area contributed by atoms with Crippen molar-refractivity contribution in [2.45, 2.75) is 70.9 Å². The van der Waals surface area contributed by atoms with Gasteiger partial charge in [0.2, 0.25) is 0 Å². The summed E-state index contributed by atoms with van der Waals surface area (Å²) in [6.45, 7) is 3.71. The molecule has 0 bridgehead atoms. The maximum atomic E-state index is 13.8. The minimum atomic E-state index is -4.56. The smallest absolute Gasteiger partial charge is 0.296 e. The summed E-state index contributed by atoms with van der Waals surface area (Å²) in [7, 11) is -20.9. The molecule has 0 aliphatic rings. The molecule has 0 radical (unpaired) electrons. The van der Waals surface area contributed by atoms with E-state index in [1.807, 2.05) is 13.8 Å². The van der Waals surface area contributed by atoms with E-state index in [9.17, 15) is 68.1 Å². The van der Waals surface area contributed by atoms with Crippen molar-refractivity contribution in [1.82, 2.24) is 0 Å². The fourth-order valence-electron chi connectivity index (χ4n) is 9.23. The van der Waals surface area contributed by atoms with Crippen LogP contribution in [0.4, 0.5) is 26.7 Å². The Balaban J connectivity index is 0.000000316. The molecular weight excluding hydrogens is 1710 g/mol. The Morgan fingerprint density at radius 2 is 0.471 bits per heavy atom. The van der Waals surface area contributed by atoms with Crippen LogP contribution in [0.15, 0.2) is 272 Å². The quantitative estimate of drug-likeness (QED) is 0.0142. The lowest BCUT2D eigenvalue weighted by atomic mass is 9.92. The van der Waals surface area contributed by atoms with E-state index in [4.69, 9.17) is 80.5 Å². The fraction of sp³-hybridized carbons (Fsp3) is 0.259. The van der Waals surface area contributed by atoms with Gasteiger partial charge in [0, 0.05) is 44.1 Å². The van der Waals surface area contributed by atoms with Crippen molar-refractivity contribution in [1.29, 1.82) is 0 Å². The van der Waals surface area contributed by atoms with E-state index in [2.05, 4.69) is 0 Å². The van der Waals surface area contributed by atoms with Crippen molar-refractivity contribution >= 4 is 70.3 Å². The number of aliphatic hydroxyl groups is 4. The lowest BCUT2D eigenvalue weighted by molar-refractivity contribution is -0.0328. The van der Waals surface area contributed by atoms with Crippen LogP contribution in [0.3, 0.4) is 0 Å². The van der Waals surface area contributed by atoms with Crippen LogP contribution in [0, 0.1) is 81.1 Å². The normalized spacial score (nSPS) is 11.9. The summed E-state index contributed by atoms with van der Waals surface area (Å²) in [5.74, 6) is -1.54. The second-order valence-corrected chi connectivity index (χ2v) is 37.4. The number of aromatic hydroxyl groups is 1. The number of phenolic OH excluding ortho intramolecular Hbond substituents is 1. The largest absolute Gasteiger partial charge is 0.508 e. The zero-order valence-electron chi connectivity index (χ0n) is 64.6. The van der Waals surface area contributed by atoms with E-state index in [-0.39, 0.29) is 72.2 Å². The highest BCUT2D eigenvalue weighted by Gasteiger charge is 2.42. The molecule has 0 saturated carbocycles. The van der Waals surface area contributed by atoms with Crippen LogP contribution in [0.5, 0.6) is 23.0 Å². The van der Waals surface area contributed by atoms with E-state index in [1.54, 1.807) is 52.0 Å². The molecule has 5 N–H and O–H groups in total. The summed E-state index contributed by atoms with van der Waals surface area (Å²) in [6.07, 6.45) is 0. The second-order valence-electron chi connectivity index (χ2n) is 26.7. The molecule has 38 heteroatoms. The standard InChI is InChI=1S/C33H36O12S4.C30H27F3O6S.C7H7ClO2S.C6H5FO.C5H12O4.F2/c1-25-5-13-29(14-6-25)46(34,35)42-21-33(22-43-47(36,37)30-15-7-26(2)8-16-30,23-44-48(38,39)31-17-9-27(3)10-18-31)24-45-49(40,41)32-19-11-28(4)12-20-32;1-22-11-13-29(14-12-22)40(34,35)39-21-30(18-36-26-8-2-5-23(31)15-26,19-37-27-9-3-6-24(32)16-27)20-38-28-10-4-7-25(33)17-28;1-6-2-4-7(5-3-6)11(8,9)10;7-5-2-1-3-6(8)4-5;6-1-5(2-7,3-8)4-9;1-2/h5-20H,21-24H2,1-4H3;2-17H,18-21H2,1H3;2-5H,1H3;1-4,8H;6-9H,1-4H2;. The van der Waals surface area contributed by atoms with Crippen molar-refractivity contribution < 1.29 is 138 Å². The molecule has 0 saturated heterocycles. The van der Waals surface area contributed by atoms with Crippen LogP contribution in [-0.4, -0.2) is 155 Å². The third kappa shape index (κ3) is 33.6. The van der Waals surface area contributed by atoms with Gasteiger partial charge < -0.3 is 39.7 Å². The predicted molar refractivity (Wildman–Crippen MR) is 427 cm³/mol. The van der Waals surface area contributed by atoms with E-state index in [1.165, 1.54) is 194 Å². The van der Waals surface area contributed by atoms with Crippen molar-refractivity contribution in [2.24, 2.45) is 16.2 Å². The number of rotatable bonds is 34.